The van der Waals surface area contributed by atoms with Gasteiger partial charge in [-0.2, -0.15) is 0 Å². The topological polar surface area (TPSA) is 47.9 Å². The van der Waals surface area contributed by atoms with Crippen molar-refractivity contribution in [3.8, 4) is 11.6 Å². The summed E-state index contributed by atoms with van der Waals surface area (Å²) in [4.78, 5) is 12.3. The molecule has 3 aromatic rings. The number of pyridine rings is 1. The molecular formula is C13H8IN3O. The molecule has 4 nitrogen and oxygen atoms in total. The Hall–Kier alpha value is -1.76. The van der Waals surface area contributed by atoms with Crippen molar-refractivity contribution in [1.29, 1.82) is 0 Å². The molecule has 0 saturated carbocycles. The number of rotatable bonds is 2. The maximum atomic E-state index is 5.82. The van der Waals surface area contributed by atoms with E-state index in [1.807, 2.05) is 30.3 Å². The maximum Gasteiger partial charge on any atom is 0.235 e. The second-order valence-corrected chi connectivity index (χ2v) is 4.77. The lowest BCUT2D eigenvalue weighted by Crippen LogP contribution is -1.93. The van der Waals surface area contributed by atoms with Crippen LogP contribution in [0.5, 0.6) is 11.6 Å². The van der Waals surface area contributed by atoms with Gasteiger partial charge in [0.05, 0.1) is 9.09 Å². The minimum Gasteiger partial charge on any atom is -0.437 e. The van der Waals surface area contributed by atoms with Crippen LogP contribution in [0, 0.1) is 3.57 Å². The minimum atomic E-state index is 0.557. The van der Waals surface area contributed by atoms with E-state index < -0.39 is 0 Å². The van der Waals surface area contributed by atoms with Crippen LogP contribution in [0.4, 0.5) is 0 Å². The summed E-state index contributed by atoms with van der Waals surface area (Å²) in [6.45, 7) is 0. The molecule has 0 fully saturated rings. The summed E-state index contributed by atoms with van der Waals surface area (Å²) in [6, 6.07) is 9.64. The van der Waals surface area contributed by atoms with E-state index in [0.29, 0.717) is 5.88 Å². The summed E-state index contributed by atoms with van der Waals surface area (Å²) in [5, 5.41) is 0.967. The van der Waals surface area contributed by atoms with Gasteiger partial charge in [0, 0.05) is 17.8 Å². The van der Waals surface area contributed by atoms with Gasteiger partial charge in [0.25, 0.3) is 0 Å². The highest BCUT2D eigenvalue weighted by Gasteiger charge is 2.07. The molecule has 0 unspecified atom stereocenters. The first-order valence-electron chi connectivity index (χ1n) is 5.32. The summed E-state index contributed by atoms with van der Waals surface area (Å²) in [5.41, 5.74) is 0.902. The molecule has 0 N–H and O–H groups in total. The second-order valence-electron chi connectivity index (χ2n) is 3.60. The van der Waals surface area contributed by atoms with Gasteiger partial charge < -0.3 is 4.74 Å². The van der Waals surface area contributed by atoms with E-state index >= 15 is 0 Å². The van der Waals surface area contributed by atoms with Crippen LogP contribution in [0.3, 0.4) is 0 Å². The highest BCUT2D eigenvalue weighted by Crippen LogP contribution is 2.29. The quantitative estimate of drug-likeness (QED) is 0.666. The first-order valence-corrected chi connectivity index (χ1v) is 6.39. The molecule has 0 amide bonds. The first-order chi connectivity index (χ1) is 8.84. The molecule has 5 heteroatoms. The van der Waals surface area contributed by atoms with E-state index in [-0.39, 0.29) is 0 Å². The molecule has 0 bridgehead atoms. The number of ether oxygens (including phenoxy) is 1. The molecule has 3 rings (SSSR count). The second kappa shape index (κ2) is 4.85. The van der Waals surface area contributed by atoms with Crippen LogP contribution >= 0.6 is 22.6 Å². The number of nitrogens with zero attached hydrogens (tertiary/aromatic N) is 3. The van der Waals surface area contributed by atoms with E-state index in [1.165, 1.54) is 6.33 Å². The van der Waals surface area contributed by atoms with Crippen molar-refractivity contribution in [2.75, 3.05) is 0 Å². The smallest absolute Gasteiger partial charge is 0.235 e. The van der Waals surface area contributed by atoms with Crippen molar-refractivity contribution in [3.63, 3.8) is 0 Å². The van der Waals surface area contributed by atoms with Crippen molar-refractivity contribution in [3.05, 3.63) is 52.6 Å². The van der Waals surface area contributed by atoms with Gasteiger partial charge >= 0.3 is 0 Å². The Morgan fingerprint density at radius 1 is 1.06 bits per heavy atom. The van der Waals surface area contributed by atoms with Crippen LogP contribution in [0.2, 0.25) is 0 Å². The predicted octanol–water partition coefficient (Wildman–Crippen LogP) is 3.42. The molecule has 0 aliphatic heterocycles. The molecule has 0 spiro atoms. The molecule has 2 aromatic heterocycles. The summed E-state index contributed by atoms with van der Waals surface area (Å²) in [7, 11) is 0. The molecule has 2 heterocycles. The molecule has 0 aliphatic rings. The van der Waals surface area contributed by atoms with Crippen LogP contribution in [-0.4, -0.2) is 15.0 Å². The fourth-order valence-corrected chi connectivity index (χ4v) is 2.05. The van der Waals surface area contributed by atoms with Gasteiger partial charge in [0.2, 0.25) is 5.88 Å². The fraction of sp³-hybridized carbons (Fsp3) is 0. The highest BCUT2D eigenvalue weighted by molar-refractivity contribution is 14.1. The summed E-state index contributed by atoms with van der Waals surface area (Å²) < 4.78 is 6.70. The van der Waals surface area contributed by atoms with E-state index in [0.717, 1.165) is 20.2 Å². The Morgan fingerprint density at radius 2 is 2.00 bits per heavy atom. The van der Waals surface area contributed by atoms with Gasteiger partial charge in [-0.05, 0) is 46.9 Å². The Bertz CT molecular complexity index is 697. The van der Waals surface area contributed by atoms with Gasteiger partial charge in [-0.15, -0.1) is 0 Å². The normalized spacial score (nSPS) is 10.5. The molecule has 88 valence electrons. The lowest BCUT2D eigenvalue weighted by molar-refractivity contribution is 0.462. The average molecular weight is 349 g/mol. The summed E-state index contributed by atoms with van der Waals surface area (Å²) in [6.07, 6.45) is 4.95. The molecule has 1 aromatic carbocycles. The number of hydrogen-bond acceptors (Lipinski definition) is 4. The van der Waals surface area contributed by atoms with E-state index in [4.69, 9.17) is 4.74 Å². The van der Waals surface area contributed by atoms with Crippen molar-refractivity contribution >= 4 is 33.5 Å². The standard InChI is InChI=1S/C13H8IN3O/c14-10-7-15-8-17-13(10)18-12-5-1-4-11-9(12)3-2-6-16-11/h1-8H. The molecule has 0 atom stereocenters. The van der Waals surface area contributed by atoms with Gasteiger partial charge in [-0.1, -0.05) is 6.07 Å². The van der Waals surface area contributed by atoms with E-state index in [2.05, 4.69) is 37.5 Å². The molecule has 18 heavy (non-hydrogen) atoms. The predicted molar refractivity (Wildman–Crippen MR) is 76.6 cm³/mol. The van der Waals surface area contributed by atoms with Crippen LogP contribution in [0.15, 0.2) is 49.1 Å². The Kier molecular flexibility index (Phi) is 3.06. The third kappa shape index (κ3) is 2.13. The lowest BCUT2D eigenvalue weighted by atomic mass is 10.2. The van der Waals surface area contributed by atoms with Crippen LogP contribution < -0.4 is 4.74 Å². The zero-order chi connectivity index (χ0) is 12.4. The third-order valence-electron chi connectivity index (χ3n) is 2.45. The highest BCUT2D eigenvalue weighted by atomic mass is 127. The minimum absolute atomic E-state index is 0.557. The van der Waals surface area contributed by atoms with Gasteiger partial charge in [0.15, 0.2) is 0 Å². The zero-order valence-corrected chi connectivity index (χ0v) is 11.4. The monoisotopic (exact) mass is 349 g/mol. The largest absolute Gasteiger partial charge is 0.437 e. The Balaban J connectivity index is 2.08. The average Bonchev–Trinajstić information content (AvgIpc) is 2.42. The number of aromatic nitrogens is 3. The fourth-order valence-electron chi connectivity index (χ4n) is 1.64. The number of benzene rings is 1. The molecule has 0 aliphatic carbocycles. The van der Waals surface area contributed by atoms with Gasteiger partial charge in [-0.25, -0.2) is 9.97 Å². The molecular weight excluding hydrogens is 341 g/mol. The summed E-state index contributed by atoms with van der Waals surface area (Å²) >= 11 is 2.15. The SMILES string of the molecule is Ic1cncnc1Oc1cccc2ncccc12. The Morgan fingerprint density at radius 3 is 2.89 bits per heavy atom. The van der Waals surface area contributed by atoms with Crippen molar-refractivity contribution in [2.45, 2.75) is 0 Å². The van der Waals surface area contributed by atoms with E-state index in [9.17, 15) is 0 Å². The van der Waals surface area contributed by atoms with Crippen LogP contribution in [-0.2, 0) is 0 Å². The summed E-state index contributed by atoms with van der Waals surface area (Å²) in [5.74, 6) is 1.30. The number of halogens is 1. The van der Waals surface area contributed by atoms with E-state index in [1.54, 1.807) is 12.4 Å². The van der Waals surface area contributed by atoms with Gasteiger partial charge in [-0.3, -0.25) is 4.98 Å². The van der Waals surface area contributed by atoms with Crippen molar-refractivity contribution in [1.82, 2.24) is 15.0 Å². The van der Waals surface area contributed by atoms with Crippen molar-refractivity contribution in [2.24, 2.45) is 0 Å². The molecule has 0 saturated heterocycles. The van der Waals surface area contributed by atoms with Crippen molar-refractivity contribution < 1.29 is 4.74 Å². The molecule has 0 radical (unpaired) electrons. The number of fused-ring (bicyclic) bond motifs is 1. The zero-order valence-electron chi connectivity index (χ0n) is 9.25. The third-order valence-corrected chi connectivity index (χ3v) is 3.19. The van der Waals surface area contributed by atoms with Crippen LogP contribution in [0.25, 0.3) is 10.9 Å². The Labute approximate surface area is 117 Å². The number of hydrogen-bond donors (Lipinski definition) is 0. The lowest BCUT2D eigenvalue weighted by Gasteiger charge is -2.08. The first kappa shape index (κ1) is 11.3. The van der Waals surface area contributed by atoms with Crippen LogP contribution in [0.1, 0.15) is 0 Å². The maximum absolute atomic E-state index is 5.82. The van der Waals surface area contributed by atoms with Gasteiger partial charge in [0.1, 0.15) is 12.1 Å².